The van der Waals surface area contributed by atoms with Gasteiger partial charge in [-0.05, 0) is 39.0 Å². The molecule has 0 unspecified atom stereocenters. The summed E-state index contributed by atoms with van der Waals surface area (Å²) in [6, 6.07) is 3.32. The van der Waals surface area contributed by atoms with E-state index >= 15 is 0 Å². The van der Waals surface area contributed by atoms with Crippen LogP contribution >= 0.6 is 11.6 Å². The van der Waals surface area contributed by atoms with Gasteiger partial charge in [-0.25, -0.2) is 8.42 Å². The second kappa shape index (κ2) is 9.69. The Kier molecular flexibility index (Phi) is 7.82. The summed E-state index contributed by atoms with van der Waals surface area (Å²) in [5.74, 6) is -0.739. The van der Waals surface area contributed by atoms with E-state index < -0.39 is 22.0 Å². The Hall–Kier alpha value is -1.68. The summed E-state index contributed by atoms with van der Waals surface area (Å²) in [4.78, 5) is 26.4. The number of rotatable bonds is 7. The quantitative estimate of drug-likeness (QED) is 0.703. The summed E-state index contributed by atoms with van der Waals surface area (Å²) in [5, 5.41) is 2.66. The number of hydrogen-bond acceptors (Lipinski definition) is 5. The molecule has 2 rings (SSSR count). The minimum atomic E-state index is -3.85. The predicted octanol–water partition coefficient (Wildman–Crippen LogP) is 1.35. The van der Waals surface area contributed by atoms with Gasteiger partial charge in [-0.2, -0.15) is 4.31 Å². The highest BCUT2D eigenvalue weighted by atomic mass is 35.5. The van der Waals surface area contributed by atoms with Crippen LogP contribution in [0.4, 0.5) is 0 Å². The monoisotopic (exact) mass is 431 g/mol. The molecule has 1 aromatic carbocycles. The molecule has 1 atom stereocenters. The topological polar surface area (TPSA) is 96.0 Å². The molecule has 0 saturated carbocycles. The number of nitrogens with one attached hydrogen (secondary N) is 1. The fraction of sp³-hybridized carbons (Fsp3) is 0.556. The third-order valence-corrected chi connectivity index (χ3v) is 6.95. The van der Waals surface area contributed by atoms with Crippen LogP contribution in [-0.2, 0) is 19.6 Å². The van der Waals surface area contributed by atoms with Crippen molar-refractivity contribution in [3.05, 3.63) is 28.8 Å². The summed E-state index contributed by atoms with van der Waals surface area (Å²) < 4.78 is 32.2. The Bertz CT molecular complexity index is 821. The number of hydrogen-bond donors (Lipinski definition) is 1. The fourth-order valence-electron chi connectivity index (χ4n) is 2.92. The summed E-state index contributed by atoms with van der Waals surface area (Å²) in [5.41, 5.74) is 0.121. The first-order valence-corrected chi connectivity index (χ1v) is 11.0. The van der Waals surface area contributed by atoms with Crippen LogP contribution in [0.5, 0.6) is 0 Å². The van der Waals surface area contributed by atoms with Crippen molar-refractivity contribution in [2.75, 3.05) is 39.4 Å². The molecule has 0 aromatic heterocycles. The van der Waals surface area contributed by atoms with Crippen LogP contribution < -0.4 is 5.32 Å². The Morgan fingerprint density at radius 3 is 2.43 bits per heavy atom. The molecular formula is C18H26ClN3O5S. The van der Waals surface area contributed by atoms with E-state index in [-0.39, 0.29) is 34.5 Å². The molecule has 156 valence electrons. The van der Waals surface area contributed by atoms with Gasteiger partial charge in [-0.15, -0.1) is 0 Å². The number of nitrogens with zero attached hydrogens (tertiary/aromatic N) is 2. The van der Waals surface area contributed by atoms with Gasteiger partial charge in [0.1, 0.15) is 10.9 Å². The highest BCUT2D eigenvalue weighted by Gasteiger charge is 2.29. The van der Waals surface area contributed by atoms with Crippen molar-refractivity contribution >= 4 is 33.4 Å². The van der Waals surface area contributed by atoms with Crippen molar-refractivity contribution < 1.29 is 22.7 Å². The molecule has 1 heterocycles. The number of likely N-dealkylation sites (N-methyl/N-ethyl adjacent to an activating group) is 1. The molecule has 1 N–H and O–H groups in total. The Labute approximate surface area is 170 Å². The number of amides is 2. The number of carbonyl (C=O) groups is 2. The van der Waals surface area contributed by atoms with Crippen molar-refractivity contribution in [3.8, 4) is 0 Å². The number of benzene rings is 1. The van der Waals surface area contributed by atoms with Crippen molar-refractivity contribution in [1.29, 1.82) is 0 Å². The molecule has 1 aliphatic rings. The van der Waals surface area contributed by atoms with Gasteiger partial charge < -0.3 is 15.0 Å². The third kappa shape index (κ3) is 5.02. The first kappa shape index (κ1) is 22.6. The lowest BCUT2D eigenvalue weighted by Crippen LogP contribution is -2.46. The van der Waals surface area contributed by atoms with Gasteiger partial charge in [0.25, 0.3) is 5.91 Å². The number of morpholine rings is 1. The molecule has 1 fully saturated rings. The highest BCUT2D eigenvalue weighted by molar-refractivity contribution is 7.89. The Morgan fingerprint density at radius 1 is 1.25 bits per heavy atom. The zero-order valence-electron chi connectivity index (χ0n) is 16.3. The van der Waals surface area contributed by atoms with E-state index in [4.69, 9.17) is 16.3 Å². The molecule has 1 saturated heterocycles. The van der Waals surface area contributed by atoms with E-state index in [1.165, 1.54) is 22.5 Å². The Balaban J connectivity index is 2.22. The molecular weight excluding hydrogens is 406 g/mol. The molecule has 1 aromatic rings. The molecule has 28 heavy (non-hydrogen) atoms. The molecule has 0 aliphatic carbocycles. The van der Waals surface area contributed by atoms with E-state index in [0.29, 0.717) is 26.3 Å². The number of carbonyl (C=O) groups excluding carboxylic acids is 2. The van der Waals surface area contributed by atoms with Crippen LogP contribution in [-0.4, -0.2) is 74.9 Å². The standard InChI is InChI=1S/C18H26ClN3O5S/c1-4-21(5-2)18(24)13(3)20-17(23)14-6-7-15(19)16(12-14)28(25,26)22-8-10-27-11-9-22/h6-7,12-13H,4-5,8-11H2,1-3H3,(H,20,23)/t13-/m1/s1. The van der Waals surface area contributed by atoms with Gasteiger partial charge in [-0.1, -0.05) is 11.6 Å². The summed E-state index contributed by atoms with van der Waals surface area (Å²) in [6.07, 6.45) is 0. The minimum absolute atomic E-state index is 0.0373. The average molecular weight is 432 g/mol. The normalized spacial score (nSPS) is 16.4. The number of sulfonamides is 1. The molecule has 0 spiro atoms. The van der Waals surface area contributed by atoms with E-state index in [1.807, 2.05) is 13.8 Å². The van der Waals surface area contributed by atoms with Gasteiger partial charge in [-0.3, -0.25) is 9.59 Å². The largest absolute Gasteiger partial charge is 0.379 e. The predicted molar refractivity (Wildman–Crippen MR) is 106 cm³/mol. The average Bonchev–Trinajstić information content (AvgIpc) is 2.69. The number of ether oxygens (including phenoxy) is 1. The third-order valence-electron chi connectivity index (χ3n) is 4.57. The molecule has 2 amide bonds. The smallest absolute Gasteiger partial charge is 0.251 e. The summed E-state index contributed by atoms with van der Waals surface area (Å²) >= 11 is 6.11. The Morgan fingerprint density at radius 2 is 1.86 bits per heavy atom. The van der Waals surface area contributed by atoms with E-state index in [9.17, 15) is 18.0 Å². The lowest BCUT2D eigenvalue weighted by molar-refractivity contribution is -0.132. The molecule has 8 nitrogen and oxygen atoms in total. The lowest BCUT2D eigenvalue weighted by atomic mass is 10.2. The zero-order chi connectivity index (χ0) is 20.9. The van der Waals surface area contributed by atoms with E-state index in [1.54, 1.807) is 11.8 Å². The molecule has 1 aliphatic heterocycles. The van der Waals surface area contributed by atoms with Gasteiger partial charge in [0.05, 0.1) is 18.2 Å². The van der Waals surface area contributed by atoms with Gasteiger partial charge in [0.15, 0.2) is 0 Å². The zero-order valence-corrected chi connectivity index (χ0v) is 17.8. The van der Waals surface area contributed by atoms with Crippen LogP contribution in [0.15, 0.2) is 23.1 Å². The van der Waals surface area contributed by atoms with Gasteiger partial charge in [0, 0.05) is 31.7 Å². The molecule has 0 radical (unpaired) electrons. The van der Waals surface area contributed by atoms with Crippen LogP contribution in [0.3, 0.4) is 0 Å². The van der Waals surface area contributed by atoms with Crippen LogP contribution in [0.25, 0.3) is 0 Å². The van der Waals surface area contributed by atoms with Crippen molar-refractivity contribution in [3.63, 3.8) is 0 Å². The van der Waals surface area contributed by atoms with Crippen LogP contribution in [0.2, 0.25) is 5.02 Å². The fourth-order valence-corrected chi connectivity index (χ4v) is 4.83. The maximum Gasteiger partial charge on any atom is 0.251 e. The van der Waals surface area contributed by atoms with E-state index in [2.05, 4.69) is 5.32 Å². The molecule has 10 heteroatoms. The minimum Gasteiger partial charge on any atom is -0.379 e. The van der Waals surface area contributed by atoms with E-state index in [0.717, 1.165) is 0 Å². The van der Waals surface area contributed by atoms with Gasteiger partial charge in [0.2, 0.25) is 15.9 Å². The highest BCUT2D eigenvalue weighted by Crippen LogP contribution is 2.26. The first-order chi connectivity index (χ1) is 13.2. The second-order valence-corrected chi connectivity index (χ2v) is 8.68. The summed E-state index contributed by atoms with van der Waals surface area (Å²) in [7, 11) is -3.85. The maximum absolute atomic E-state index is 12.9. The SMILES string of the molecule is CCN(CC)C(=O)[C@@H](C)NC(=O)c1ccc(Cl)c(S(=O)(=O)N2CCOCC2)c1. The van der Waals surface area contributed by atoms with Crippen molar-refractivity contribution in [2.24, 2.45) is 0 Å². The van der Waals surface area contributed by atoms with Crippen LogP contribution in [0, 0.1) is 0 Å². The summed E-state index contributed by atoms with van der Waals surface area (Å²) in [6.45, 7) is 7.46. The first-order valence-electron chi connectivity index (χ1n) is 9.19. The number of halogens is 1. The molecule has 0 bridgehead atoms. The lowest BCUT2D eigenvalue weighted by Gasteiger charge is -2.26. The second-order valence-electron chi connectivity index (χ2n) is 6.37. The maximum atomic E-state index is 12.9. The van der Waals surface area contributed by atoms with Crippen molar-refractivity contribution in [2.45, 2.75) is 31.7 Å². The van der Waals surface area contributed by atoms with Crippen molar-refractivity contribution in [1.82, 2.24) is 14.5 Å². The van der Waals surface area contributed by atoms with Gasteiger partial charge >= 0.3 is 0 Å². The van der Waals surface area contributed by atoms with Crippen LogP contribution in [0.1, 0.15) is 31.1 Å².